The van der Waals surface area contributed by atoms with Gasteiger partial charge in [0, 0.05) is 6.42 Å². The van der Waals surface area contributed by atoms with Crippen molar-refractivity contribution in [2.75, 3.05) is 12.0 Å². The van der Waals surface area contributed by atoms with Crippen LogP contribution in [0.1, 0.15) is 25.7 Å². The number of halogens is 3. The molecule has 1 atom stereocenters. The molecule has 0 radical (unpaired) electrons. The molecule has 1 nitrogen and oxygen atoms in total. The highest BCUT2D eigenvalue weighted by molar-refractivity contribution is 7.98. The molecule has 0 aliphatic heterocycles. The second-order valence-electron chi connectivity index (χ2n) is 2.94. The summed E-state index contributed by atoms with van der Waals surface area (Å²) in [4.78, 5) is 0. The highest BCUT2D eigenvalue weighted by Crippen LogP contribution is 2.23. The van der Waals surface area contributed by atoms with Crippen LogP contribution >= 0.6 is 11.8 Å². The van der Waals surface area contributed by atoms with E-state index in [1.54, 1.807) is 11.8 Å². The van der Waals surface area contributed by atoms with Crippen molar-refractivity contribution < 1.29 is 18.3 Å². The molecule has 0 spiro atoms. The molecular formula is C8H15F3OS. The van der Waals surface area contributed by atoms with E-state index in [1.807, 2.05) is 6.26 Å². The Morgan fingerprint density at radius 3 is 2.38 bits per heavy atom. The fourth-order valence-electron chi connectivity index (χ4n) is 0.936. The van der Waals surface area contributed by atoms with E-state index in [-0.39, 0.29) is 12.8 Å². The van der Waals surface area contributed by atoms with Crippen molar-refractivity contribution in [3.05, 3.63) is 0 Å². The lowest BCUT2D eigenvalue weighted by Crippen LogP contribution is -2.11. The zero-order valence-electron chi connectivity index (χ0n) is 7.60. The van der Waals surface area contributed by atoms with Crippen LogP contribution in [0, 0.1) is 0 Å². The summed E-state index contributed by atoms with van der Waals surface area (Å²) in [6.45, 7) is 0. The summed E-state index contributed by atoms with van der Waals surface area (Å²) < 4.78 is 35.0. The Hall–Kier alpha value is 0.100. The maximum atomic E-state index is 11.7. The zero-order valence-corrected chi connectivity index (χ0v) is 8.42. The Bertz CT molecular complexity index is 127. The summed E-state index contributed by atoms with van der Waals surface area (Å²) in [6.07, 6.45) is -2.68. The van der Waals surface area contributed by atoms with Crippen LogP contribution in [0.5, 0.6) is 0 Å². The SMILES string of the molecule is CSCCC(O)CCCC(F)(F)F. The largest absolute Gasteiger partial charge is 0.393 e. The van der Waals surface area contributed by atoms with E-state index in [1.165, 1.54) is 0 Å². The number of rotatable bonds is 6. The Morgan fingerprint density at radius 2 is 1.92 bits per heavy atom. The normalized spacial score (nSPS) is 14.5. The van der Waals surface area contributed by atoms with E-state index in [0.717, 1.165) is 5.75 Å². The van der Waals surface area contributed by atoms with Gasteiger partial charge in [0.05, 0.1) is 6.10 Å². The average Bonchev–Trinajstić information content (AvgIpc) is 1.98. The number of aliphatic hydroxyl groups is 1. The van der Waals surface area contributed by atoms with Gasteiger partial charge in [0.15, 0.2) is 0 Å². The molecule has 5 heteroatoms. The molecule has 0 aromatic carbocycles. The molecule has 13 heavy (non-hydrogen) atoms. The standard InChI is InChI=1S/C8H15F3OS/c1-13-6-4-7(12)3-2-5-8(9,10)11/h7,12H,2-6H2,1H3. The lowest BCUT2D eigenvalue weighted by Gasteiger charge is -2.10. The van der Waals surface area contributed by atoms with Crippen LogP contribution in [0.4, 0.5) is 13.2 Å². The quantitative estimate of drug-likeness (QED) is 0.736. The molecular weight excluding hydrogens is 201 g/mol. The molecule has 0 heterocycles. The molecule has 0 aromatic heterocycles. The number of aliphatic hydroxyl groups excluding tert-OH is 1. The summed E-state index contributed by atoms with van der Waals surface area (Å²) in [5.41, 5.74) is 0. The van der Waals surface area contributed by atoms with Crippen molar-refractivity contribution in [3.8, 4) is 0 Å². The molecule has 0 aliphatic carbocycles. The third-order valence-electron chi connectivity index (χ3n) is 1.65. The first-order chi connectivity index (χ1) is 5.95. The van der Waals surface area contributed by atoms with Crippen LogP contribution in [-0.4, -0.2) is 29.4 Å². The van der Waals surface area contributed by atoms with E-state index >= 15 is 0 Å². The molecule has 0 aliphatic rings. The summed E-state index contributed by atoms with van der Waals surface area (Å²) >= 11 is 1.59. The lowest BCUT2D eigenvalue weighted by molar-refractivity contribution is -0.136. The lowest BCUT2D eigenvalue weighted by atomic mass is 10.1. The number of alkyl halides is 3. The number of thioether (sulfide) groups is 1. The Morgan fingerprint density at radius 1 is 1.31 bits per heavy atom. The third-order valence-corrected chi connectivity index (χ3v) is 2.30. The molecule has 0 saturated carbocycles. The smallest absolute Gasteiger partial charge is 0.389 e. The first-order valence-electron chi connectivity index (χ1n) is 4.19. The molecule has 80 valence electrons. The maximum Gasteiger partial charge on any atom is 0.389 e. The van der Waals surface area contributed by atoms with Gasteiger partial charge < -0.3 is 5.11 Å². The summed E-state index contributed by atoms with van der Waals surface area (Å²) in [6, 6.07) is 0. The van der Waals surface area contributed by atoms with Gasteiger partial charge >= 0.3 is 6.18 Å². The topological polar surface area (TPSA) is 20.2 Å². The average molecular weight is 216 g/mol. The van der Waals surface area contributed by atoms with Gasteiger partial charge in [-0.3, -0.25) is 0 Å². The van der Waals surface area contributed by atoms with Crippen LogP contribution in [0.15, 0.2) is 0 Å². The third kappa shape index (κ3) is 10.0. The number of hydrogen-bond acceptors (Lipinski definition) is 2. The zero-order chi connectivity index (χ0) is 10.3. The molecule has 0 saturated heterocycles. The van der Waals surface area contributed by atoms with E-state index in [9.17, 15) is 18.3 Å². The van der Waals surface area contributed by atoms with Crippen LogP contribution < -0.4 is 0 Å². The first kappa shape index (κ1) is 13.1. The van der Waals surface area contributed by atoms with Crippen molar-refractivity contribution >= 4 is 11.8 Å². The van der Waals surface area contributed by atoms with Crippen LogP contribution in [0.2, 0.25) is 0 Å². The number of hydrogen-bond donors (Lipinski definition) is 1. The maximum absolute atomic E-state index is 11.7. The van der Waals surface area contributed by atoms with Crippen molar-refractivity contribution in [1.29, 1.82) is 0 Å². The summed E-state index contributed by atoms with van der Waals surface area (Å²) in [5, 5.41) is 9.20. The van der Waals surface area contributed by atoms with Crippen molar-refractivity contribution in [3.63, 3.8) is 0 Å². The minimum atomic E-state index is -4.08. The van der Waals surface area contributed by atoms with Gasteiger partial charge in [-0.2, -0.15) is 24.9 Å². The Labute approximate surface area is 80.7 Å². The molecule has 0 bridgehead atoms. The molecule has 1 N–H and O–H groups in total. The van der Waals surface area contributed by atoms with Crippen molar-refractivity contribution in [1.82, 2.24) is 0 Å². The second-order valence-corrected chi connectivity index (χ2v) is 3.93. The van der Waals surface area contributed by atoms with Crippen LogP contribution in [0.3, 0.4) is 0 Å². The fourth-order valence-corrected chi connectivity index (χ4v) is 1.44. The van der Waals surface area contributed by atoms with Gasteiger partial charge in [0.25, 0.3) is 0 Å². The fraction of sp³-hybridized carbons (Fsp3) is 1.00. The van der Waals surface area contributed by atoms with Gasteiger partial charge in [-0.1, -0.05) is 0 Å². The van der Waals surface area contributed by atoms with E-state index in [0.29, 0.717) is 6.42 Å². The summed E-state index contributed by atoms with van der Waals surface area (Å²) in [7, 11) is 0. The molecule has 0 amide bonds. The Balaban J connectivity index is 3.31. The van der Waals surface area contributed by atoms with Gasteiger partial charge in [0.2, 0.25) is 0 Å². The minimum Gasteiger partial charge on any atom is -0.393 e. The predicted molar refractivity (Wildman–Crippen MR) is 48.9 cm³/mol. The monoisotopic (exact) mass is 216 g/mol. The molecule has 1 unspecified atom stereocenters. The van der Waals surface area contributed by atoms with Crippen molar-refractivity contribution in [2.45, 2.75) is 38.0 Å². The minimum absolute atomic E-state index is 0.0268. The molecule has 0 aromatic rings. The van der Waals surface area contributed by atoms with Crippen molar-refractivity contribution in [2.24, 2.45) is 0 Å². The molecule has 0 rings (SSSR count). The van der Waals surface area contributed by atoms with Crippen LogP contribution in [0.25, 0.3) is 0 Å². The molecule has 0 fully saturated rings. The summed E-state index contributed by atoms with van der Waals surface area (Å²) in [5.74, 6) is 0.799. The van der Waals surface area contributed by atoms with Gasteiger partial charge in [-0.25, -0.2) is 0 Å². The highest BCUT2D eigenvalue weighted by Gasteiger charge is 2.26. The van der Waals surface area contributed by atoms with E-state index in [4.69, 9.17) is 0 Å². The van der Waals surface area contributed by atoms with Gasteiger partial charge in [0.1, 0.15) is 0 Å². The van der Waals surface area contributed by atoms with E-state index in [2.05, 4.69) is 0 Å². The van der Waals surface area contributed by atoms with E-state index < -0.39 is 18.7 Å². The van der Waals surface area contributed by atoms with Gasteiger partial charge in [-0.05, 0) is 31.3 Å². The van der Waals surface area contributed by atoms with Crippen LogP contribution in [-0.2, 0) is 0 Å². The van der Waals surface area contributed by atoms with Gasteiger partial charge in [-0.15, -0.1) is 0 Å². The first-order valence-corrected chi connectivity index (χ1v) is 5.59. The predicted octanol–water partition coefficient (Wildman–Crippen LogP) is 2.83. The Kier molecular flexibility index (Phi) is 6.59. The highest BCUT2D eigenvalue weighted by atomic mass is 32.2. The second kappa shape index (κ2) is 6.54.